The third-order valence-electron chi connectivity index (χ3n) is 6.40. The Hall–Kier alpha value is -3.22. The number of ether oxygens (including phenoxy) is 3. The molecule has 2 aliphatic heterocycles. The number of hydrogen-bond acceptors (Lipinski definition) is 4. The molecule has 2 aliphatic rings. The molecular formula is C28H28FNO4. The molecule has 5 rings (SSSR count). The van der Waals surface area contributed by atoms with Crippen molar-refractivity contribution in [1.82, 2.24) is 0 Å². The van der Waals surface area contributed by atoms with Gasteiger partial charge in [-0.05, 0) is 67.8 Å². The largest absolute Gasteiger partial charge is 0.489 e. The molecule has 0 aromatic heterocycles. The fraction of sp³-hybridized carbons (Fsp3) is 0.321. The highest BCUT2D eigenvalue weighted by Gasteiger charge is 2.54. The van der Waals surface area contributed by atoms with E-state index in [9.17, 15) is 9.18 Å². The maximum atomic E-state index is 13.5. The van der Waals surface area contributed by atoms with Gasteiger partial charge in [0.1, 0.15) is 18.2 Å². The number of halogens is 1. The lowest BCUT2D eigenvalue weighted by Gasteiger charge is -2.52. The molecule has 0 radical (unpaired) electrons. The van der Waals surface area contributed by atoms with E-state index in [1.165, 1.54) is 12.1 Å². The van der Waals surface area contributed by atoms with Crippen LogP contribution in [0.2, 0.25) is 0 Å². The van der Waals surface area contributed by atoms with Gasteiger partial charge < -0.3 is 19.1 Å². The van der Waals surface area contributed by atoms with Gasteiger partial charge in [-0.2, -0.15) is 0 Å². The Bertz CT molecular complexity index is 1130. The number of β-lactam (4-membered cyclic amide) rings is 1. The van der Waals surface area contributed by atoms with Crippen molar-refractivity contribution in [3.63, 3.8) is 0 Å². The fourth-order valence-electron chi connectivity index (χ4n) is 4.75. The number of amides is 1. The van der Waals surface area contributed by atoms with E-state index in [0.29, 0.717) is 25.3 Å². The average Bonchev–Trinajstić information content (AvgIpc) is 2.83. The van der Waals surface area contributed by atoms with Gasteiger partial charge in [0.05, 0.1) is 24.7 Å². The van der Waals surface area contributed by atoms with Crippen LogP contribution in [0.15, 0.2) is 78.9 Å². The third kappa shape index (κ3) is 4.56. The lowest BCUT2D eigenvalue weighted by molar-refractivity contribution is -0.284. The second kappa shape index (κ2) is 9.20. The van der Waals surface area contributed by atoms with Gasteiger partial charge in [0.25, 0.3) is 0 Å². The van der Waals surface area contributed by atoms with Crippen molar-refractivity contribution in [1.29, 1.82) is 0 Å². The molecule has 176 valence electrons. The number of benzene rings is 3. The van der Waals surface area contributed by atoms with Crippen molar-refractivity contribution < 1.29 is 23.4 Å². The lowest BCUT2D eigenvalue weighted by Crippen LogP contribution is -2.62. The van der Waals surface area contributed by atoms with E-state index in [2.05, 4.69) is 0 Å². The first kappa shape index (κ1) is 22.6. The summed E-state index contributed by atoms with van der Waals surface area (Å²) in [6, 6.07) is 23.6. The number of rotatable bonds is 6. The number of carbonyl (C=O) groups is 1. The van der Waals surface area contributed by atoms with Crippen LogP contribution in [0.5, 0.6) is 5.75 Å². The zero-order valence-electron chi connectivity index (χ0n) is 19.3. The molecule has 3 aromatic rings. The number of nitrogens with zero attached hydrogens (tertiary/aromatic N) is 1. The molecule has 2 heterocycles. The summed E-state index contributed by atoms with van der Waals surface area (Å²) in [7, 11) is 0. The highest BCUT2D eigenvalue weighted by molar-refractivity contribution is 6.03. The molecule has 0 saturated carbocycles. The Morgan fingerprint density at radius 1 is 1.00 bits per heavy atom. The molecule has 1 amide bonds. The minimum atomic E-state index is -0.737. The van der Waals surface area contributed by atoms with Crippen molar-refractivity contribution >= 4 is 11.6 Å². The van der Waals surface area contributed by atoms with E-state index in [1.807, 2.05) is 68.4 Å². The van der Waals surface area contributed by atoms with Crippen molar-refractivity contribution in [2.75, 3.05) is 11.5 Å². The summed E-state index contributed by atoms with van der Waals surface area (Å²) in [5.74, 6) is -0.682. The first-order valence-electron chi connectivity index (χ1n) is 11.6. The molecule has 2 saturated heterocycles. The molecule has 0 bridgehead atoms. The highest BCUT2D eigenvalue weighted by Crippen LogP contribution is 2.48. The summed E-state index contributed by atoms with van der Waals surface area (Å²) in [4.78, 5) is 15.1. The van der Waals surface area contributed by atoms with Gasteiger partial charge in [-0.3, -0.25) is 4.79 Å². The predicted octanol–water partition coefficient (Wildman–Crippen LogP) is 5.65. The van der Waals surface area contributed by atoms with Gasteiger partial charge in [-0.25, -0.2) is 4.39 Å². The van der Waals surface area contributed by atoms with Gasteiger partial charge in [0.2, 0.25) is 5.91 Å². The van der Waals surface area contributed by atoms with Crippen LogP contribution in [0, 0.1) is 11.7 Å². The Morgan fingerprint density at radius 2 is 1.71 bits per heavy atom. The first-order valence-corrected chi connectivity index (χ1v) is 11.6. The van der Waals surface area contributed by atoms with Gasteiger partial charge >= 0.3 is 0 Å². The SMILES string of the molecule is CC1(C)OCC[C@@H]([C@@H]2C(=O)N(c3ccc(F)cc3)[C@@H]2c2ccc(OCc3ccccc3)cc2)O1. The van der Waals surface area contributed by atoms with E-state index >= 15 is 0 Å². The Balaban J connectivity index is 1.39. The Labute approximate surface area is 199 Å². The summed E-state index contributed by atoms with van der Waals surface area (Å²) >= 11 is 0. The zero-order valence-corrected chi connectivity index (χ0v) is 19.3. The minimum absolute atomic E-state index is 0.0243. The topological polar surface area (TPSA) is 48.0 Å². The van der Waals surface area contributed by atoms with Crippen molar-refractivity contribution in [3.8, 4) is 5.75 Å². The summed E-state index contributed by atoms with van der Waals surface area (Å²) in [6.45, 7) is 4.76. The van der Waals surface area contributed by atoms with Crippen molar-refractivity contribution in [2.45, 2.75) is 44.8 Å². The van der Waals surface area contributed by atoms with E-state index in [0.717, 1.165) is 16.9 Å². The minimum Gasteiger partial charge on any atom is -0.489 e. The van der Waals surface area contributed by atoms with Crippen LogP contribution in [0.1, 0.15) is 37.4 Å². The van der Waals surface area contributed by atoms with Crippen LogP contribution in [-0.2, 0) is 20.9 Å². The highest BCUT2D eigenvalue weighted by atomic mass is 19.1. The molecule has 2 fully saturated rings. The molecular weight excluding hydrogens is 433 g/mol. The smallest absolute Gasteiger partial charge is 0.235 e. The van der Waals surface area contributed by atoms with Gasteiger partial charge in [0.15, 0.2) is 5.79 Å². The van der Waals surface area contributed by atoms with Crippen molar-refractivity contribution in [3.05, 3.63) is 95.8 Å². The lowest BCUT2D eigenvalue weighted by atomic mass is 9.77. The second-order valence-electron chi connectivity index (χ2n) is 9.19. The second-order valence-corrected chi connectivity index (χ2v) is 9.19. The van der Waals surface area contributed by atoms with Gasteiger partial charge in [0, 0.05) is 5.69 Å². The van der Waals surface area contributed by atoms with E-state index in [-0.39, 0.29) is 29.8 Å². The molecule has 0 aliphatic carbocycles. The first-order chi connectivity index (χ1) is 16.4. The normalized spacial score (nSPS) is 23.9. The molecule has 0 N–H and O–H groups in total. The number of carbonyl (C=O) groups excluding carboxylic acids is 1. The molecule has 0 spiro atoms. The Morgan fingerprint density at radius 3 is 2.38 bits per heavy atom. The molecule has 5 nitrogen and oxygen atoms in total. The quantitative estimate of drug-likeness (QED) is 0.445. The molecule has 34 heavy (non-hydrogen) atoms. The summed E-state index contributed by atoms with van der Waals surface area (Å²) in [6.07, 6.45) is 0.387. The average molecular weight is 462 g/mol. The van der Waals surface area contributed by atoms with Gasteiger partial charge in [-0.15, -0.1) is 0 Å². The van der Waals surface area contributed by atoms with E-state index in [1.54, 1.807) is 17.0 Å². The van der Waals surface area contributed by atoms with Crippen LogP contribution >= 0.6 is 0 Å². The van der Waals surface area contributed by atoms with Gasteiger partial charge in [-0.1, -0.05) is 42.5 Å². The Kier molecular flexibility index (Phi) is 6.11. The third-order valence-corrected chi connectivity index (χ3v) is 6.40. The molecule has 3 atom stereocenters. The fourth-order valence-corrected chi connectivity index (χ4v) is 4.75. The standard InChI is InChI=1S/C28H28FNO4/c1-28(2)33-17-16-24(34-28)25-26(30(27(25)31)22-12-10-21(29)11-13-22)20-8-14-23(15-9-20)32-18-19-6-4-3-5-7-19/h3-15,24-26H,16-18H2,1-2H3/t24-,25-,26+/m0/s1. The summed E-state index contributed by atoms with van der Waals surface area (Å²) in [5.41, 5.74) is 2.75. The van der Waals surface area contributed by atoms with Crippen LogP contribution in [0.4, 0.5) is 10.1 Å². The zero-order chi connectivity index (χ0) is 23.7. The van der Waals surface area contributed by atoms with E-state index in [4.69, 9.17) is 14.2 Å². The maximum absolute atomic E-state index is 13.5. The van der Waals surface area contributed by atoms with Crippen LogP contribution < -0.4 is 9.64 Å². The maximum Gasteiger partial charge on any atom is 0.235 e. The van der Waals surface area contributed by atoms with Crippen LogP contribution in [0.25, 0.3) is 0 Å². The van der Waals surface area contributed by atoms with Crippen LogP contribution in [0.3, 0.4) is 0 Å². The monoisotopic (exact) mass is 461 g/mol. The predicted molar refractivity (Wildman–Crippen MR) is 127 cm³/mol. The molecule has 6 heteroatoms. The van der Waals surface area contributed by atoms with Crippen molar-refractivity contribution in [2.24, 2.45) is 5.92 Å². The number of hydrogen-bond donors (Lipinski definition) is 0. The summed E-state index contributed by atoms with van der Waals surface area (Å²) in [5, 5.41) is 0. The van der Waals surface area contributed by atoms with E-state index < -0.39 is 5.79 Å². The molecule has 3 aromatic carbocycles. The van der Waals surface area contributed by atoms with Crippen LogP contribution in [-0.4, -0.2) is 24.4 Å². The molecule has 0 unspecified atom stereocenters. The number of anilines is 1. The summed E-state index contributed by atoms with van der Waals surface area (Å²) < 4.78 is 31.3.